The number of allylic oxidation sites excluding steroid dienone is 1. The normalized spacial score (nSPS) is 13.8. The predicted octanol–water partition coefficient (Wildman–Crippen LogP) is 1.29. The zero-order valence-electron chi connectivity index (χ0n) is 6.29. The number of rotatable bonds is 5. The van der Waals surface area contributed by atoms with Crippen molar-refractivity contribution in [3.8, 4) is 0 Å². The lowest BCUT2D eigenvalue weighted by atomic mass is 10.2. The lowest BCUT2D eigenvalue weighted by molar-refractivity contribution is -0.114. The predicted molar refractivity (Wildman–Crippen MR) is 40.7 cm³/mol. The first-order chi connectivity index (χ1) is 4.81. The molecule has 0 spiro atoms. The van der Waals surface area contributed by atoms with Gasteiger partial charge in [0.05, 0.1) is 0 Å². The average Bonchev–Trinajstić information content (AvgIpc) is 1.98. The Labute approximate surface area is 61.6 Å². The molecule has 0 aliphatic rings. The molecule has 58 valence electrons. The molecule has 0 saturated heterocycles. The Balaban J connectivity index is 3.24. The van der Waals surface area contributed by atoms with Crippen molar-refractivity contribution in [3.05, 3.63) is 12.2 Å². The van der Waals surface area contributed by atoms with Crippen molar-refractivity contribution in [2.45, 2.75) is 32.3 Å². The van der Waals surface area contributed by atoms with Crippen LogP contribution in [0.25, 0.3) is 0 Å². The summed E-state index contributed by atoms with van der Waals surface area (Å²) >= 11 is 0. The molecule has 0 aromatic carbocycles. The second-order valence-electron chi connectivity index (χ2n) is 2.20. The Bertz CT molecular complexity index is 108. The fraction of sp³-hybridized carbons (Fsp3) is 0.625. The SMILES string of the molecule is CCCC=CCC(O)C=O. The van der Waals surface area contributed by atoms with Crippen molar-refractivity contribution >= 4 is 6.29 Å². The van der Waals surface area contributed by atoms with Crippen LogP contribution in [0, 0.1) is 0 Å². The lowest BCUT2D eigenvalue weighted by Gasteiger charge is -1.93. The highest BCUT2D eigenvalue weighted by molar-refractivity contribution is 5.55. The van der Waals surface area contributed by atoms with Crippen LogP contribution >= 0.6 is 0 Å². The van der Waals surface area contributed by atoms with Gasteiger partial charge in [-0.15, -0.1) is 0 Å². The molecule has 1 unspecified atom stereocenters. The van der Waals surface area contributed by atoms with Gasteiger partial charge in [0.15, 0.2) is 0 Å². The van der Waals surface area contributed by atoms with Crippen molar-refractivity contribution in [3.63, 3.8) is 0 Å². The molecule has 1 atom stereocenters. The molecule has 0 bridgehead atoms. The molecular formula is C8H14O2. The maximum Gasteiger partial charge on any atom is 0.148 e. The van der Waals surface area contributed by atoms with E-state index >= 15 is 0 Å². The summed E-state index contributed by atoms with van der Waals surface area (Å²) in [6.45, 7) is 2.08. The first-order valence-electron chi connectivity index (χ1n) is 3.59. The molecule has 2 heteroatoms. The molecule has 10 heavy (non-hydrogen) atoms. The molecule has 0 aromatic rings. The van der Waals surface area contributed by atoms with Gasteiger partial charge < -0.3 is 9.90 Å². The molecule has 0 saturated carbocycles. The molecule has 0 aliphatic carbocycles. The van der Waals surface area contributed by atoms with Crippen LogP contribution < -0.4 is 0 Å². The van der Waals surface area contributed by atoms with Gasteiger partial charge in [-0.1, -0.05) is 25.5 Å². The number of hydrogen-bond acceptors (Lipinski definition) is 2. The van der Waals surface area contributed by atoms with E-state index in [2.05, 4.69) is 6.92 Å². The summed E-state index contributed by atoms with van der Waals surface area (Å²) in [5.74, 6) is 0. The van der Waals surface area contributed by atoms with E-state index in [0.717, 1.165) is 12.8 Å². The summed E-state index contributed by atoms with van der Waals surface area (Å²) in [5.41, 5.74) is 0. The van der Waals surface area contributed by atoms with Crippen LogP contribution in [0.4, 0.5) is 0 Å². The molecule has 0 amide bonds. The summed E-state index contributed by atoms with van der Waals surface area (Å²) in [6.07, 6.45) is 6.13. The zero-order chi connectivity index (χ0) is 7.82. The number of aliphatic hydroxyl groups is 1. The van der Waals surface area contributed by atoms with Gasteiger partial charge in [0.2, 0.25) is 0 Å². The Hall–Kier alpha value is -0.630. The van der Waals surface area contributed by atoms with E-state index < -0.39 is 6.10 Å². The van der Waals surface area contributed by atoms with Crippen LogP contribution in [0.2, 0.25) is 0 Å². The number of carbonyl (C=O) groups is 1. The van der Waals surface area contributed by atoms with Gasteiger partial charge in [-0.25, -0.2) is 0 Å². The van der Waals surface area contributed by atoms with Crippen LogP contribution in [0.5, 0.6) is 0 Å². The van der Waals surface area contributed by atoms with Gasteiger partial charge in [0.1, 0.15) is 12.4 Å². The molecule has 1 N–H and O–H groups in total. The van der Waals surface area contributed by atoms with Gasteiger partial charge in [-0.3, -0.25) is 0 Å². The van der Waals surface area contributed by atoms with Crippen molar-refractivity contribution in [1.82, 2.24) is 0 Å². The summed E-state index contributed by atoms with van der Waals surface area (Å²) in [4.78, 5) is 9.88. The third kappa shape index (κ3) is 5.51. The van der Waals surface area contributed by atoms with Crippen LogP contribution in [0.1, 0.15) is 26.2 Å². The molecule has 0 heterocycles. The summed E-state index contributed by atoms with van der Waals surface area (Å²) in [5, 5.41) is 8.74. The smallest absolute Gasteiger partial charge is 0.148 e. The maximum absolute atomic E-state index is 9.88. The van der Waals surface area contributed by atoms with Crippen molar-refractivity contribution in [1.29, 1.82) is 0 Å². The monoisotopic (exact) mass is 142 g/mol. The van der Waals surface area contributed by atoms with Gasteiger partial charge in [-0.2, -0.15) is 0 Å². The first-order valence-corrected chi connectivity index (χ1v) is 3.59. The Morgan fingerprint density at radius 1 is 1.50 bits per heavy atom. The highest BCUT2D eigenvalue weighted by Crippen LogP contribution is 1.93. The van der Waals surface area contributed by atoms with Gasteiger partial charge in [0, 0.05) is 0 Å². The summed E-state index contributed by atoms with van der Waals surface area (Å²) in [6, 6.07) is 0. The average molecular weight is 142 g/mol. The van der Waals surface area contributed by atoms with E-state index in [9.17, 15) is 4.79 Å². The number of carbonyl (C=O) groups excluding carboxylic acids is 1. The number of unbranched alkanes of at least 4 members (excludes halogenated alkanes) is 1. The fourth-order valence-electron chi connectivity index (χ4n) is 0.576. The topological polar surface area (TPSA) is 37.3 Å². The highest BCUT2D eigenvalue weighted by Gasteiger charge is 1.94. The summed E-state index contributed by atoms with van der Waals surface area (Å²) < 4.78 is 0. The molecular weight excluding hydrogens is 128 g/mol. The quantitative estimate of drug-likeness (QED) is 0.464. The largest absolute Gasteiger partial charge is 0.385 e. The Morgan fingerprint density at radius 3 is 2.70 bits per heavy atom. The Morgan fingerprint density at radius 2 is 2.20 bits per heavy atom. The van der Waals surface area contributed by atoms with Gasteiger partial charge in [-0.05, 0) is 12.8 Å². The van der Waals surface area contributed by atoms with Crippen molar-refractivity contribution in [2.75, 3.05) is 0 Å². The van der Waals surface area contributed by atoms with Gasteiger partial charge in [0.25, 0.3) is 0 Å². The second-order valence-corrected chi connectivity index (χ2v) is 2.20. The first kappa shape index (κ1) is 9.37. The molecule has 0 fully saturated rings. The minimum Gasteiger partial charge on any atom is -0.385 e. The van der Waals surface area contributed by atoms with Crippen LogP contribution in [-0.2, 0) is 4.79 Å². The molecule has 0 radical (unpaired) electrons. The van der Waals surface area contributed by atoms with E-state index in [-0.39, 0.29) is 0 Å². The molecule has 2 nitrogen and oxygen atoms in total. The van der Waals surface area contributed by atoms with Crippen LogP contribution in [0.15, 0.2) is 12.2 Å². The number of aliphatic hydroxyl groups excluding tert-OH is 1. The number of aldehydes is 1. The zero-order valence-corrected chi connectivity index (χ0v) is 6.29. The maximum atomic E-state index is 9.88. The second kappa shape index (κ2) is 6.49. The van der Waals surface area contributed by atoms with Crippen LogP contribution in [0.3, 0.4) is 0 Å². The molecule has 0 aromatic heterocycles. The minimum absolute atomic E-state index is 0.448. The third-order valence-corrected chi connectivity index (χ3v) is 1.16. The summed E-state index contributed by atoms with van der Waals surface area (Å²) in [7, 11) is 0. The standard InChI is InChI=1S/C8H14O2/c1-2-3-4-5-6-8(10)7-9/h4-5,7-8,10H,2-3,6H2,1H3. The van der Waals surface area contributed by atoms with E-state index in [1.165, 1.54) is 0 Å². The molecule has 0 aliphatic heterocycles. The van der Waals surface area contributed by atoms with E-state index in [1.54, 1.807) is 0 Å². The fourth-order valence-corrected chi connectivity index (χ4v) is 0.576. The van der Waals surface area contributed by atoms with Gasteiger partial charge >= 0.3 is 0 Å². The third-order valence-electron chi connectivity index (χ3n) is 1.16. The van der Waals surface area contributed by atoms with Crippen molar-refractivity contribution < 1.29 is 9.90 Å². The lowest BCUT2D eigenvalue weighted by Crippen LogP contribution is -2.04. The van der Waals surface area contributed by atoms with Crippen molar-refractivity contribution in [2.24, 2.45) is 0 Å². The molecule has 0 rings (SSSR count). The van der Waals surface area contributed by atoms with Crippen LogP contribution in [-0.4, -0.2) is 17.5 Å². The van der Waals surface area contributed by atoms with E-state index in [1.807, 2.05) is 12.2 Å². The minimum atomic E-state index is -0.812. The van der Waals surface area contributed by atoms with E-state index in [4.69, 9.17) is 5.11 Å². The van der Waals surface area contributed by atoms with E-state index in [0.29, 0.717) is 12.7 Å². The highest BCUT2D eigenvalue weighted by atomic mass is 16.3. The number of hydrogen-bond donors (Lipinski definition) is 1. The Kier molecular flexibility index (Phi) is 6.08.